The summed E-state index contributed by atoms with van der Waals surface area (Å²) in [6.45, 7) is 6.49. The molecule has 1 aromatic heterocycles. The average molecular weight is 301 g/mol. The van der Waals surface area contributed by atoms with E-state index in [1.54, 1.807) is 6.20 Å². The quantitative estimate of drug-likeness (QED) is 0.721. The van der Waals surface area contributed by atoms with Gasteiger partial charge in [0.05, 0.1) is 12.8 Å². The molecular weight excluding hydrogens is 278 g/mol. The summed E-state index contributed by atoms with van der Waals surface area (Å²) in [5.74, 6) is 0.325. The summed E-state index contributed by atoms with van der Waals surface area (Å²) in [6, 6.07) is 10.2. The molecule has 0 fully saturated rings. The van der Waals surface area contributed by atoms with Crippen LogP contribution >= 0.6 is 0 Å². The van der Waals surface area contributed by atoms with Crippen LogP contribution in [-0.2, 0) is 9.53 Å². The van der Waals surface area contributed by atoms with Crippen molar-refractivity contribution in [1.82, 2.24) is 4.98 Å². The van der Waals surface area contributed by atoms with Gasteiger partial charge in [0.2, 0.25) is 5.89 Å². The number of ether oxygens (including phenoxy) is 1. The first kappa shape index (κ1) is 16.3. The van der Waals surface area contributed by atoms with Gasteiger partial charge in [0.25, 0.3) is 0 Å². The number of nitrogens with zero attached hydrogens (tertiary/aromatic N) is 1. The predicted molar refractivity (Wildman–Crippen MR) is 84.5 cm³/mol. The van der Waals surface area contributed by atoms with E-state index in [1.165, 1.54) is 11.8 Å². The van der Waals surface area contributed by atoms with Crippen molar-refractivity contribution < 1.29 is 13.9 Å². The van der Waals surface area contributed by atoms with Crippen LogP contribution in [0.1, 0.15) is 50.5 Å². The van der Waals surface area contributed by atoms with Gasteiger partial charge in [-0.15, -0.1) is 0 Å². The lowest BCUT2D eigenvalue weighted by Crippen LogP contribution is -2.21. The number of benzene rings is 1. The topological polar surface area (TPSA) is 52.3 Å². The fourth-order valence-electron chi connectivity index (χ4n) is 2.69. The van der Waals surface area contributed by atoms with E-state index in [0.29, 0.717) is 24.8 Å². The van der Waals surface area contributed by atoms with E-state index < -0.39 is 5.92 Å². The van der Waals surface area contributed by atoms with Gasteiger partial charge >= 0.3 is 5.97 Å². The predicted octanol–water partition coefficient (Wildman–Crippen LogP) is 4.15. The fourth-order valence-corrected chi connectivity index (χ4v) is 2.69. The van der Waals surface area contributed by atoms with E-state index in [-0.39, 0.29) is 11.9 Å². The molecule has 0 saturated heterocycles. The van der Waals surface area contributed by atoms with Crippen molar-refractivity contribution >= 4 is 5.97 Å². The number of esters is 1. The highest BCUT2D eigenvalue weighted by atomic mass is 16.5. The molecule has 4 nitrogen and oxygen atoms in total. The second kappa shape index (κ2) is 7.78. The molecule has 0 bridgehead atoms. The van der Waals surface area contributed by atoms with Gasteiger partial charge in [-0.25, -0.2) is 4.98 Å². The Bertz CT molecular complexity index is 563. The Morgan fingerprint density at radius 1 is 1.27 bits per heavy atom. The number of carbonyl (C=O) groups excluding carboxylic acids is 1. The summed E-state index contributed by atoms with van der Waals surface area (Å²) >= 11 is 0. The molecule has 2 atom stereocenters. The normalized spacial score (nSPS) is 13.8. The third kappa shape index (κ3) is 3.97. The largest absolute Gasteiger partial charge is 0.465 e. The lowest BCUT2D eigenvalue weighted by molar-refractivity contribution is -0.145. The standard InChI is InChI=1S/C18H23NO3/c1-4-21-18(20)16(17-19-10-11-22-17)12-15(13(2)3)14-8-6-5-7-9-14/h5-11,13,15-16H,4,12H2,1-3H3. The van der Waals surface area contributed by atoms with Gasteiger partial charge in [-0.3, -0.25) is 4.79 Å². The van der Waals surface area contributed by atoms with Crippen LogP contribution in [0.15, 0.2) is 47.2 Å². The highest BCUT2D eigenvalue weighted by molar-refractivity contribution is 5.76. The SMILES string of the molecule is CCOC(=O)C(CC(c1ccccc1)C(C)C)c1ncco1. The zero-order valence-electron chi connectivity index (χ0n) is 13.4. The number of aromatic nitrogens is 1. The molecule has 0 amide bonds. The molecule has 2 rings (SSSR count). The van der Waals surface area contributed by atoms with Crippen LogP contribution in [0, 0.1) is 5.92 Å². The Morgan fingerprint density at radius 2 is 2.00 bits per heavy atom. The highest BCUT2D eigenvalue weighted by Gasteiger charge is 2.31. The Kier molecular flexibility index (Phi) is 5.75. The number of rotatable bonds is 7. The molecule has 0 aliphatic heterocycles. The average Bonchev–Trinajstić information content (AvgIpc) is 3.03. The van der Waals surface area contributed by atoms with Crippen molar-refractivity contribution in [2.45, 2.75) is 39.0 Å². The summed E-state index contributed by atoms with van der Waals surface area (Å²) in [7, 11) is 0. The molecule has 0 radical (unpaired) electrons. The highest BCUT2D eigenvalue weighted by Crippen LogP contribution is 2.35. The first-order chi connectivity index (χ1) is 10.6. The molecule has 0 aliphatic carbocycles. The Balaban J connectivity index is 2.25. The van der Waals surface area contributed by atoms with Crippen molar-refractivity contribution in [3.63, 3.8) is 0 Å². The van der Waals surface area contributed by atoms with Gasteiger partial charge in [-0.05, 0) is 30.7 Å². The third-order valence-electron chi connectivity index (χ3n) is 3.84. The minimum Gasteiger partial charge on any atom is -0.465 e. The van der Waals surface area contributed by atoms with E-state index in [1.807, 2.05) is 25.1 Å². The maximum atomic E-state index is 12.3. The number of oxazole rings is 1. The zero-order chi connectivity index (χ0) is 15.9. The Labute approximate surface area is 131 Å². The summed E-state index contributed by atoms with van der Waals surface area (Å²) in [4.78, 5) is 16.5. The van der Waals surface area contributed by atoms with Crippen LogP contribution in [0.5, 0.6) is 0 Å². The van der Waals surface area contributed by atoms with Crippen molar-refractivity contribution in [2.75, 3.05) is 6.61 Å². The Morgan fingerprint density at radius 3 is 2.55 bits per heavy atom. The Hall–Kier alpha value is -2.10. The maximum absolute atomic E-state index is 12.3. The molecule has 2 aromatic rings. The molecule has 0 aliphatic rings. The summed E-state index contributed by atoms with van der Waals surface area (Å²) in [6.07, 6.45) is 3.68. The zero-order valence-corrected chi connectivity index (χ0v) is 13.4. The molecule has 0 N–H and O–H groups in total. The van der Waals surface area contributed by atoms with Crippen LogP contribution in [0.2, 0.25) is 0 Å². The summed E-state index contributed by atoms with van der Waals surface area (Å²) < 4.78 is 10.6. The van der Waals surface area contributed by atoms with E-state index in [0.717, 1.165) is 0 Å². The molecule has 1 heterocycles. The van der Waals surface area contributed by atoms with Crippen LogP contribution in [0.25, 0.3) is 0 Å². The van der Waals surface area contributed by atoms with Gasteiger partial charge in [-0.2, -0.15) is 0 Å². The fraction of sp³-hybridized carbons (Fsp3) is 0.444. The lowest BCUT2D eigenvalue weighted by Gasteiger charge is -2.24. The van der Waals surface area contributed by atoms with Crippen LogP contribution in [0.3, 0.4) is 0 Å². The van der Waals surface area contributed by atoms with Gasteiger partial charge in [0, 0.05) is 0 Å². The smallest absolute Gasteiger partial charge is 0.318 e. The minimum absolute atomic E-state index is 0.238. The van der Waals surface area contributed by atoms with Gasteiger partial charge in [-0.1, -0.05) is 44.2 Å². The van der Waals surface area contributed by atoms with E-state index in [4.69, 9.17) is 9.15 Å². The van der Waals surface area contributed by atoms with Crippen molar-refractivity contribution in [3.05, 3.63) is 54.2 Å². The molecule has 1 aromatic carbocycles. The van der Waals surface area contributed by atoms with Crippen LogP contribution in [-0.4, -0.2) is 17.6 Å². The second-order valence-electron chi connectivity index (χ2n) is 5.67. The molecular formula is C18H23NO3. The molecule has 0 saturated carbocycles. The van der Waals surface area contributed by atoms with Gasteiger partial charge < -0.3 is 9.15 Å². The molecule has 2 unspecified atom stereocenters. The van der Waals surface area contributed by atoms with Crippen LogP contribution < -0.4 is 0 Å². The number of hydrogen-bond donors (Lipinski definition) is 0. The molecule has 0 spiro atoms. The first-order valence-corrected chi connectivity index (χ1v) is 7.74. The molecule has 22 heavy (non-hydrogen) atoms. The van der Waals surface area contributed by atoms with Crippen molar-refractivity contribution in [3.8, 4) is 0 Å². The second-order valence-corrected chi connectivity index (χ2v) is 5.67. The summed E-state index contributed by atoms with van der Waals surface area (Å²) in [5.41, 5.74) is 1.22. The minimum atomic E-state index is -0.470. The number of hydrogen-bond acceptors (Lipinski definition) is 4. The van der Waals surface area contributed by atoms with E-state index in [9.17, 15) is 4.79 Å². The van der Waals surface area contributed by atoms with Crippen LogP contribution in [0.4, 0.5) is 0 Å². The number of carbonyl (C=O) groups is 1. The van der Waals surface area contributed by atoms with E-state index >= 15 is 0 Å². The molecule has 4 heteroatoms. The first-order valence-electron chi connectivity index (χ1n) is 7.74. The third-order valence-corrected chi connectivity index (χ3v) is 3.84. The monoisotopic (exact) mass is 301 g/mol. The van der Waals surface area contributed by atoms with Gasteiger partial charge in [0.1, 0.15) is 12.2 Å². The van der Waals surface area contributed by atoms with E-state index in [2.05, 4.69) is 31.0 Å². The summed E-state index contributed by atoms with van der Waals surface area (Å²) in [5, 5.41) is 0. The van der Waals surface area contributed by atoms with Crippen molar-refractivity contribution in [2.24, 2.45) is 5.92 Å². The maximum Gasteiger partial charge on any atom is 0.318 e. The lowest BCUT2D eigenvalue weighted by atomic mass is 9.81. The van der Waals surface area contributed by atoms with Gasteiger partial charge in [0.15, 0.2) is 0 Å². The molecule has 118 valence electrons. The van der Waals surface area contributed by atoms with Crippen molar-refractivity contribution in [1.29, 1.82) is 0 Å².